The van der Waals surface area contributed by atoms with E-state index in [0.29, 0.717) is 5.76 Å². The minimum absolute atomic E-state index is 0.109. The quantitative estimate of drug-likeness (QED) is 0.497. The molecule has 0 radical (unpaired) electrons. The third-order valence-electron chi connectivity index (χ3n) is 3.93. The fourth-order valence-electron chi connectivity index (χ4n) is 2.65. The summed E-state index contributed by atoms with van der Waals surface area (Å²) in [4.78, 5) is 21.1. The van der Waals surface area contributed by atoms with E-state index in [-0.39, 0.29) is 12.3 Å². The highest BCUT2D eigenvalue weighted by molar-refractivity contribution is 7.13. The fourth-order valence-corrected chi connectivity index (χ4v) is 3.43. The maximum atomic E-state index is 12.4. The highest BCUT2D eigenvalue weighted by Crippen LogP contribution is 2.24. The van der Waals surface area contributed by atoms with E-state index in [0.717, 1.165) is 27.6 Å². The van der Waals surface area contributed by atoms with Gasteiger partial charge in [-0.25, -0.2) is 4.98 Å². The van der Waals surface area contributed by atoms with Crippen LogP contribution in [-0.4, -0.2) is 15.9 Å². The molecule has 0 fully saturated rings. The summed E-state index contributed by atoms with van der Waals surface area (Å²) in [5, 5.41) is 5.58. The number of thiazole rings is 1. The van der Waals surface area contributed by atoms with Crippen LogP contribution in [-0.2, 0) is 11.2 Å². The van der Waals surface area contributed by atoms with Gasteiger partial charge in [0.2, 0.25) is 5.91 Å². The summed E-state index contributed by atoms with van der Waals surface area (Å²) < 4.78 is 5.34. The first kappa shape index (κ1) is 17.9. The van der Waals surface area contributed by atoms with Crippen molar-refractivity contribution in [3.8, 4) is 10.8 Å². The van der Waals surface area contributed by atoms with Gasteiger partial charge in [0.25, 0.3) is 0 Å². The van der Waals surface area contributed by atoms with Crippen LogP contribution in [0.2, 0.25) is 0 Å². The van der Waals surface area contributed by atoms with Crippen molar-refractivity contribution in [2.75, 3.05) is 5.32 Å². The minimum Gasteiger partial charge on any atom is -0.462 e. The molecule has 4 rings (SSSR count). The van der Waals surface area contributed by atoms with Crippen LogP contribution in [0.4, 0.5) is 5.69 Å². The molecule has 0 saturated carbocycles. The van der Waals surface area contributed by atoms with Gasteiger partial charge in [-0.1, -0.05) is 24.3 Å². The number of nitrogens with zero attached hydrogens (tertiary/aromatic N) is 2. The van der Waals surface area contributed by atoms with Crippen molar-refractivity contribution in [2.45, 2.75) is 6.42 Å². The van der Waals surface area contributed by atoms with Crippen molar-refractivity contribution in [1.29, 1.82) is 0 Å². The number of pyridine rings is 1. The Kier molecular flexibility index (Phi) is 5.40. The lowest BCUT2D eigenvalue weighted by Crippen LogP contribution is -2.14. The molecule has 3 heterocycles. The summed E-state index contributed by atoms with van der Waals surface area (Å²) in [6.45, 7) is 0. The summed E-state index contributed by atoms with van der Waals surface area (Å²) in [6.07, 6.45) is 7.48. The maximum absolute atomic E-state index is 12.4. The van der Waals surface area contributed by atoms with Crippen LogP contribution in [0.15, 0.2) is 76.9 Å². The standard InChI is InChI=1S/C22H17N3O2S/c26-21(14-19-15-28-22(25-19)20-8-4-12-27-20)24-18-7-3-5-16(13-18)9-10-17-6-1-2-11-23-17/h1-13,15H,14H2,(H,24,26)/b10-9+. The number of carbonyl (C=O) groups excluding carboxylic acids is 1. The summed E-state index contributed by atoms with van der Waals surface area (Å²) >= 11 is 1.46. The molecule has 1 amide bonds. The Morgan fingerprint density at radius 1 is 1.11 bits per heavy atom. The van der Waals surface area contributed by atoms with Crippen molar-refractivity contribution in [1.82, 2.24) is 9.97 Å². The lowest BCUT2D eigenvalue weighted by atomic mass is 10.1. The molecular weight excluding hydrogens is 370 g/mol. The average molecular weight is 387 g/mol. The van der Waals surface area contributed by atoms with Crippen LogP contribution in [0.3, 0.4) is 0 Å². The first-order valence-corrected chi connectivity index (χ1v) is 9.61. The van der Waals surface area contributed by atoms with E-state index < -0.39 is 0 Å². The number of furan rings is 1. The van der Waals surface area contributed by atoms with Gasteiger partial charge in [0, 0.05) is 17.3 Å². The Morgan fingerprint density at radius 2 is 2.07 bits per heavy atom. The number of anilines is 1. The molecule has 0 atom stereocenters. The molecule has 6 heteroatoms. The fraction of sp³-hybridized carbons (Fsp3) is 0.0455. The Bertz CT molecular complexity index is 1090. The van der Waals surface area contributed by atoms with E-state index >= 15 is 0 Å². The predicted molar refractivity (Wildman–Crippen MR) is 112 cm³/mol. The van der Waals surface area contributed by atoms with Gasteiger partial charge >= 0.3 is 0 Å². The van der Waals surface area contributed by atoms with E-state index in [9.17, 15) is 4.79 Å². The molecule has 0 aliphatic heterocycles. The molecule has 138 valence electrons. The average Bonchev–Trinajstić information content (AvgIpc) is 3.39. The zero-order chi connectivity index (χ0) is 19.2. The van der Waals surface area contributed by atoms with Gasteiger partial charge in [-0.05, 0) is 48.0 Å². The van der Waals surface area contributed by atoms with Crippen LogP contribution < -0.4 is 5.32 Å². The summed E-state index contributed by atoms with van der Waals surface area (Å²) in [5.74, 6) is 0.603. The van der Waals surface area contributed by atoms with Gasteiger partial charge in [0.1, 0.15) is 0 Å². The maximum Gasteiger partial charge on any atom is 0.230 e. The van der Waals surface area contributed by atoms with Crippen molar-refractivity contribution >= 4 is 35.1 Å². The summed E-state index contributed by atoms with van der Waals surface area (Å²) in [6, 6.07) is 17.1. The van der Waals surface area contributed by atoms with Crippen LogP contribution in [0.1, 0.15) is 17.0 Å². The number of carbonyl (C=O) groups is 1. The molecular formula is C22H17N3O2S. The molecule has 28 heavy (non-hydrogen) atoms. The van der Waals surface area contributed by atoms with Crippen molar-refractivity contribution < 1.29 is 9.21 Å². The monoisotopic (exact) mass is 387 g/mol. The molecule has 4 aromatic rings. The number of nitrogens with one attached hydrogen (secondary N) is 1. The Hall–Kier alpha value is -3.51. The minimum atomic E-state index is -0.109. The normalized spacial score (nSPS) is 11.0. The van der Waals surface area contributed by atoms with Crippen LogP contribution in [0.25, 0.3) is 22.9 Å². The number of hydrogen-bond acceptors (Lipinski definition) is 5. The molecule has 0 aliphatic carbocycles. The molecule has 0 aliphatic rings. The smallest absolute Gasteiger partial charge is 0.230 e. The second kappa shape index (κ2) is 8.45. The van der Waals surface area contributed by atoms with Gasteiger partial charge in [0.05, 0.1) is 24.1 Å². The Labute approximate surface area is 166 Å². The zero-order valence-corrected chi connectivity index (χ0v) is 15.7. The number of benzene rings is 1. The molecule has 0 unspecified atom stereocenters. The lowest BCUT2D eigenvalue weighted by Gasteiger charge is -2.05. The molecule has 0 spiro atoms. The SMILES string of the molecule is O=C(Cc1csc(-c2ccco2)n1)Nc1cccc(/C=C/c2ccccn2)c1. The third-order valence-corrected chi connectivity index (χ3v) is 4.84. The first-order valence-electron chi connectivity index (χ1n) is 8.73. The number of hydrogen-bond donors (Lipinski definition) is 1. The van der Waals surface area contributed by atoms with E-state index in [1.165, 1.54) is 11.3 Å². The lowest BCUT2D eigenvalue weighted by molar-refractivity contribution is -0.115. The summed E-state index contributed by atoms with van der Waals surface area (Å²) in [5.41, 5.74) is 3.33. The molecule has 5 nitrogen and oxygen atoms in total. The molecule has 0 bridgehead atoms. The third kappa shape index (κ3) is 4.61. The second-order valence-corrected chi connectivity index (χ2v) is 6.92. The second-order valence-electron chi connectivity index (χ2n) is 6.06. The Morgan fingerprint density at radius 3 is 2.89 bits per heavy atom. The summed E-state index contributed by atoms with van der Waals surface area (Å²) in [7, 11) is 0. The van der Waals surface area contributed by atoms with E-state index in [2.05, 4.69) is 15.3 Å². The molecule has 3 aromatic heterocycles. The predicted octanol–water partition coefficient (Wildman–Crippen LogP) is 5.15. The van der Waals surface area contributed by atoms with Crippen molar-refractivity contribution in [2.24, 2.45) is 0 Å². The number of amides is 1. The number of aromatic nitrogens is 2. The van der Waals surface area contributed by atoms with Crippen molar-refractivity contribution in [3.63, 3.8) is 0 Å². The largest absolute Gasteiger partial charge is 0.462 e. The first-order chi connectivity index (χ1) is 13.8. The highest BCUT2D eigenvalue weighted by Gasteiger charge is 2.11. The Balaban J connectivity index is 1.39. The zero-order valence-electron chi connectivity index (χ0n) is 14.9. The highest BCUT2D eigenvalue weighted by atomic mass is 32.1. The molecule has 1 aromatic carbocycles. The van der Waals surface area contributed by atoms with Gasteiger partial charge in [-0.15, -0.1) is 11.3 Å². The van der Waals surface area contributed by atoms with E-state index in [1.807, 2.05) is 72.1 Å². The van der Waals surface area contributed by atoms with Crippen LogP contribution >= 0.6 is 11.3 Å². The molecule has 0 saturated heterocycles. The molecule has 1 N–H and O–H groups in total. The van der Waals surface area contributed by atoms with E-state index in [4.69, 9.17) is 4.42 Å². The van der Waals surface area contributed by atoms with Crippen molar-refractivity contribution in [3.05, 3.63) is 89.4 Å². The van der Waals surface area contributed by atoms with Gasteiger partial charge in [-0.2, -0.15) is 0 Å². The van der Waals surface area contributed by atoms with Crippen LogP contribution in [0, 0.1) is 0 Å². The van der Waals surface area contributed by atoms with Gasteiger partial charge in [0.15, 0.2) is 10.8 Å². The van der Waals surface area contributed by atoms with E-state index in [1.54, 1.807) is 12.5 Å². The van der Waals surface area contributed by atoms with Crippen LogP contribution in [0.5, 0.6) is 0 Å². The van der Waals surface area contributed by atoms with Gasteiger partial charge in [-0.3, -0.25) is 9.78 Å². The number of rotatable bonds is 6. The topological polar surface area (TPSA) is 68.0 Å². The van der Waals surface area contributed by atoms with Gasteiger partial charge < -0.3 is 9.73 Å².